The van der Waals surface area contributed by atoms with E-state index in [9.17, 15) is 0 Å². The maximum Gasteiger partial charge on any atom is 0.194 e. The fraction of sp³-hybridized carbons (Fsp3) is 0.609. The molecule has 0 radical (unpaired) electrons. The monoisotopic (exact) mass is 409 g/mol. The van der Waals surface area contributed by atoms with Crippen molar-refractivity contribution in [2.45, 2.75) is 58.7 Å². The Bertz CT molecular complexity index is 858. The van der Waals surface area contributed by atoms with E-state index < -0.39 is 0 Å². The van der Waals surface area contributed by atoms with Crippen LogP contribution < -0.4 is 5.32 Å². The molecular weight excluding hydrogens is 374 g/mol. The van der Waals surface area contributed by atoms with Crippen LogP contribution >= 0.6 is 0 Å². The molecule has 0 amide bonds. The van der Waals surface area contributed by atoms with Gasteiger partial charge in [0.2, 0.25) is 0 Å². The Morgan fingerprint density at radius 1 is 1.10 bits per heavy atom. The lowest BCUT2D eigenvalue weighted by atomic mass is 10.1. The minimum Gasteiger partial charge on any atom is -0.353 e. The first-order valence-electron chi connectivity index (χ1n) is 11.3. The summed E-state index contributed by atoms with van der Waals surface area (Å²) in [5.74, 6) is 2.88. The van der Waals surface area contributed by atoms with Crippen molar-refractivity contribution < 1.29 is 0 Å². The van der Waals surface area contributed by atoms with E-state index in [4.69, 9.17) is 4.99 Å². The van der Waals surface area contributed by atoms with Crippen LogP contribution in [0.1, 0.15) is 48.5 Å². The first kappa shape index (κ1) is 20.8. The molecule has 0 unspecified atom stereocenters. The lowest BCUT2D eigenvalue weighted by molar-refractivity contribution is 0.171. The maximum atomic E-state index is 4.97. The fourth-order valence-electron chi connectivity index (χ4n) is 4.41. The third-order valence-electron chi connectivity index (χ3n) is 6.40. The van der Waals surface area contributed by atoms with Crippen molar-refractivity contribution in [3.8, 4) is 0 Å². The molecule has 2 heterocycles. The van der Waals surface area contributed by atoms with Gasteiger partial charge in [0.05, 0.1) is 0 Å². The van der Waals surface area contributed by atoms with E-state index in [2.05, 4.69) is 56.5 Å². The number of hydrogen-bond donors (Lipinski definition) is 1. The summed E-state index contributed by atoms with van der Waals surface area (Å²) in [6.07, 6.45) is 5.13. The van der Waals surface area contributed by atoms with E-state index in [0.29, 0.717) is 12.6 Å². The van der Waals surface area contributed by atoms with Gasteiger partial charge in [-0.15, -0.1) is 10.2 Å². The zero-order chi connectivity index (χ0) is 20.9. The van der Waals surface area contributed by atoms with Gasteiger partial charge < -0.3 is 14.8 Å². The summed E-state index contributed by atoms with van der Waals surface area (Å²) in [4.78, 5) is 9.94. The number of guanidine groups is 1. The van der Waals surface area contributed by atoms with Crippen molar-refractivity contribution in [3.63, 3.8) is 0 Å². The number of nitrogens with one attached hydrogen (secondary N) is 1. The van der Waals surface area contributed by atoms with Crippen LogP contribution in [0.4, 0.5) is 0 Å². The molecule has 7 nitrogen and oxygen atoms in total. The molecule has 1 aliphatic carbocycles. The molecule has 2 aliphatic rings. The van der Waals surface area contributed by atoms with Crippen LogP contribution in [0.2, 0.25) is 0 Å². The zero-order valence-electron chi connectivity index (χ0n) is 18.6. The molecule has 4 rings (SSSR count). The minimum absolute atomic E-state index is 0.551. The highest BCUT2D eigenvalue weighted by Gasteiger charge is 2.23. The summed E-state index contributed by atoms with van der Waals surface area (Å²) in [6, 6.07) is 9.40. The number of nitrogens with zero attached hydrogens (tertiary/aromatic N) is 6. The second-order valence-corrected chi connectivity index (χ2v) is 8.74. The molecule has 2 fully saturated rings. The zero-order valence-corrected chi connectivity index (χ0v) is 18.6. The first-order chi connectivity index (χ1) is 14.6. The summed E-state index contributed by atoms with van der Waals surface area (Å²) in [5, 5.41) is 12.2. The van der Waals surface area contributed by atoms with Crippen molar-refractivity contribution >= 4 is 5.96 Å². The Morgan fingerprint density at radius 3 is 2.53 bits per heavy atom. The summed E-state index contributed by atoms with van der Waals surface area (Å²) in [5.41, 5.74) is 2.74. The van der Waals surface area contributed by atoms with E-state index in [1.165, 1.54) is 36.8 Å². The Morgan fingerprint density at radius 2 is 1.87 bits per heavy atom. The first-order valence-corrected chi connectivity index (χ1v) is 11.3. The summed E-state index contributed by atoms with van der Waals surface area (Å²) in [6.45, 7) is 9.85. The fourth-order valence-corrected chi connectivity index (χ4v) is 4.41. The number of piperazine rings is 1. The van der Waals surface area contributed by atoms with E-state index >= 15 is 0 Å². The van der Waals surface area contributed by atoms with Gasteiger partial charge in [-0.05, 0) is 32.3 Å². The topological polar surface area (TPSA) is 61.6 Å². The molecule has 1 N–H and O–H groups in total. The molecule has 0 atom stereocenters. The number of benzene rings is 1. The molecule has 162 valence electrons. The van der Waals surface area contributed by atoms with E-state index in [0.717, 1.165) is 50.3 Å². The molecule has 1 aliphatic heterocycles. The molecule has 1 aromatic heterocycles. The largest absolute Gasteiger partial charge is 0.353 e. The summed E-state index contributed by atoms with van der Waals surface area (Å²) in [7, 11) is 2.01. The smallest absolute Gasteiger partial charge is 0.194 e. The number of hydrogen-bond acceptors (Lipinski definition) is 4. The standard InChI is InChI=1S/C23H35N7/c1-18-7-6-8-20(15-18)17-29-11-13-30(14-12-29)23(25-21-9-4-5-10-21)24-16-22-27-26-19(2)28(22)3/h6-8,15,21H,4-5,9-14,16-17H2,1-3H3,(H,24,25). The van der Waals surface area contributed by atoms with Crippen molar-refractivity contribution in [1.82, 2.24) is 29.9 Å². The highest BCUT2D eigenvalue weighted by atomic mass is 15.4. The van der Waals surface area contributed by atoms with Gasteiger partial charge in [0.15, 0.2) is 11.8 Å². The van der Waals surface area contributed by atoms with Gasteiger partial charge in [-0.1, -0.05) is 42.7 Å². The molecule has 1 saturated carbocycles. The predicted molar refractivity (Wildman–Crippen MR) is 120 cm³/mol. The second-order valence-electron chi connectivity index (χ2n) is 8.74. The van der Waals surface area contributed by atoms with Crippen LogP contribution in [0, 0.1) is 13.8 Å². The third-order valence-corrected chi connectivity index (χ3v) is 6.40. The number of rotatable bonds is 5. The quantitative estimate of drug-likeness (QED) is 0.608. The molecule has 1 saturated heterocycles. The normalized spacial score (nSPS) is 18.9. The Balaban J connectivity index is 1.39. The van der Waals surface area contributed by atoms with Gasteiger partial charge in [0.1, 0.15) is 12.4 Å². The molecule has 2 aromatic rings. The second kappa shape index (κ2) is 9.60. The lowest BCUT2D eigenvalue weighted by Crippen LogP contribution is -2.53. The van der Waals surface area contributed by atoms with Crippen molar-refractivity contribution in [2.24, 2.45) is 12.0 Å². The minimum atomic E-state index is 0.551. The van der Waals surface area contributed by atoms with Crippen molar-refractivity contribution in [1.29, 1.82) is 0 Å². The van der Waals surface area contributed by atoms with Gasteiger partial charge >= 0.3 is 0 Å². The average Bonchev–Trinajstić information content (AvgIpc) is 3.37. The molecule has 1 aromatic carbocycles. The third kappa shape index (κ3) is 5.19. The predicted octanol–water partition coefficient (Wildman–Crippen LogP) is 2.64. The maximum absolute atomic E-state index is 4.97. The van der Waals surface area contributed by atoms with Gasteiger partial charge in [-0.2, -0.15) is 0 Å². The van der Waals surface area contributed by atoms with Gasteiger partial charge in [-0.3, -0.25) is 4.90 Å². The van der Waals surface area contributed by atoms with Gasteiger partial charge in [-0.25, -0.2) is 4.99 Å². The lowest BCUT2D eigenvalue weighted by Gasteiger charge is -2.37. The molecular formula is C23H35N7. The Hall–Kier alpha value is -2.41. The van der Waals surface area contributed by atoms with E-state index in [1.807, 2.05) is 18.5 Å². The molecule has 0 spiro atoms. The molecule has 0 bridgehead atoms. The molecule has 30 heavy (non-hydrogen) atoms. The van der Waals surface area contributed by atoms with Crippen LogP contribution in [0.5, 0.6) is 0 Å². The highest BCUT2D eigenvalue weighted by Crippen LogP contribution is 2.18. The Kier molecular flexibility index (Phi) is 6.67. The highest BCUT2D eigenvalue weighted by molar-refractivity contribution is 5.80. The number of aromatic nitrogens is 3. The van der Waals surface area contributed by atoms with Gasteiger partial charge in [0, 0.05) is 45.8 Å². The Labute approximate surface area is 180 Å². The van der Waals surface area contributed by atoms with Gasteiger partial charge in [0.25, 0.3) is 0 Å². The van der Waals surface area contributed by atoms with Crippen LogP contribution in [-0.4, -0.2) is 62.7 Å². The van der Waals surface area contributed by atoms with Crippen LogP contribution in [0.15, 0.2) is 29.3 Å². The summed E-state index contributed by atoms with van der Waals surface area (Å²) < 4.78 is 2.02. The molecule has 7 heteroatoms. The average molecular weight is 410 g/mol. The van der Waals surface area contributed by atoms with Crippen LogP contribution in [0.3, 0.4) is 0 Å². The summed E-state index contributed by atoms with van der Waals surface area (Å²) >= 11 is 0. The van der Waals surface area contributed by atoms with E-state index in [-0.39, 0.29) is 0 Å². The van der Waals surface area contributed by atoms with E-state index in [1.54, 1.807) is 0 Å². The number of aryl methyl sites for hydroxylation is 2. The van der Waals surface area contributed by atoms with Crippen LogP contribution in [-0.2, 0) is 20.1 Å². The number of aliphatic imine (C=N–C) groups is 1. The van der Waals surface area contributed by atoms with Crippen molar-refractivity contribution in [2.75, 3.05) is 26.2 Å². The SMILES string of the molecule is Cc1cccc(CN2CCN(C(=NCc3nnc(C)n3C)NC3CCCC3)CC2)c1. The van der Waals surface area contributed by atoms with Crippen molar-refractivity contribution in [3.05, 3.63) is 47.0 Å². The van der Waals surface area contributed by atoms with Crippen LogP contribution in [0.25, 0.3) is 0 Å².